The van der Waals surface area contributed by atoms with Crippen LogP contribution in [0.2, 0.25) is 10.0 Å². The van der Waals surface area contributed by atoms with Gasteiger partial charge in [-0.05, 0) is 25.1 Å². The lowest BCUT2D eigenvalue weighted by molar-refractivity contribution is 0.762. The molecule has 5 nitrogen and oxygen atoms in total. The summed E-state index contributed by atoms with van der Waals surface area (Å²) < 4.78 is 1.97. The van der Waals surface area contributed by atoms with Gasteiger partial charge in [-0.3, -0.25) is 0 Å². The number of rotatable bonds is 3. The molecule has 3 rings (SSSR count). The zero-order valence-electron chi connectivity index (χ0n) is 11.8. The Bertz CT molecular complexity index is 808. The average molecular weight is 334 g/mol. The number of aromatic nitrogens is 4. The monoisotopic (exact) mass is 333 g/mol. The van der Waals surface area contributed by atoms with Crippen LogP contribution in [-0.2, 0) is 6.54 Å². The molecule has 0 spiro atoms. The molecule has 0 bridgehead atoms. The zero-order chi connectivity index (χ0) is 15.7. The van der Waals surface area contributed by atoms with E-state index in [9.17, 15) is 0 Å². The van der Waals surface area contributed by atoms with Crippen LogP contribution in [0.25, 0.3) is 11.4 Å². The van der Waals surface area contributed by atoms with E-state index in [4.69, 9.17) is 28.9 Å². The van der Waals surface area contributed by atoms with E-state index in [2.05, 4.69) is 15.0 Å². The standard InChI is InChI=1S/C15H13Cl2N5/c1-9-20-14(13-5-6-19-15(18)21-13)8-22(9)7-10-11(16)3-2-4-12(10)17/h2-6,8H,7H2,1H3,(H2,18,19,21). The SMILES string of the molecule is Cc1nc(-c2ccnc(N)n2)cn1Cc1c(Cl)cccc1Cl. The molecule has 0 atom stereocenters. The van der Waals surface area contributed by atoms with E-state index in [1.54, 1.807) is 12.3 Å². The van der Waals surface area contributed by atoms with Crippen molar-refractivity contribution in [3.8, 4) is 11.4 Å². The molecule has 1 aromatic carbocycles. The summed E-state index contributed by atoms with van der Waals surface area (Å²) in [6.45, 7) is 2.46. The predicted octanol–water partition coefficient (Wildman–Crippen LogP) is 3.59. The fourth-order valence-electron chi connectivity index (χ4n) is 2.16. The zero-order valence-corrected chi connectivity index (χ0v) is 13.3. The molecule has 7 heteroatoms. The molecule has 3 aromatic rings. The predicted molar refractivity (Wildman–Crippen MR) is 88.0 cm³/mol. The third kappa shape index (κ3) is 2.91. The van der Waals surface area contributed by atoms with E-state index >= 15 is 0 Å². The second-order valence-corrected chi connectivity index (χ2v) is 5.62. The van der Waals surface area contributed by atoms with E-state index in [1.807, 2.05) is 35.9 Å². The summed E-state index contributed by atoms with van der Waals surface area (Å²) in [5, 5.41) is 1.27. The second kappa shape index (κ2) is 5.94. The van der Waals surface area contributed by atoms with E-state index in [-0.39, 0.29) is 5.95 Å². The summed E-state index contributed by atoms with van der Waals surface area (Å²) in [5.74, 6) is 1.06. The third-order valence-corrected chi connectivity index (χ3v) is 4.01. The molecule has 0 amide bonds. The molecule has 112 valence electrons. The Balaban J connectivity index is 1.96. The number of imidazole rings is 1. The number of aryl methyl sites for hydroxylation is 1. The Morgan fingerprint density at radius 1 is 1.09 bits per heavy atom. The second-order valence-electron chi connectivity index (χ2n) is 4.80. The van der Waals surface area contributed by atoms with Crippen molar-refractivity contribution < 1.29 is 0 Å². The van der Waals surface area contributed by atoms with Gasteiger partial charge in [0.15, 0.2) is 0 Å². The Labute approximate surface area is 137 Å². The van der Waals surface area contributed by atoms with Gasteiger partial charge in [0, 0.05) is 28.0 Å². The smallest absolute Gasteiger partial charge is 0.220 e. The van der Waals surface area contributed by atoms with Crippen molar-refractivity contribution in [1.82, 2.24) is 19.5 Å². The van der Waals surface area contributed by atoms with Crippen molar-refractivity contribution in [1.29, 1.82) is 0 Å². The van der Waals surface area contributed by atoms with E-state index in [0.29, 0.717) is 22.3 Å². The van der Waals surface area contributed by atoms with Crippen molar-refractivity contribution in [2.75, 3.05) is 5.73 Å². The van der Waals surface area contributed by atoms with Crippen LogP contribution in [0.3, 0.4) is 0 Å². The van der Waals surface area contributed by atoms with Crippen LogP contribution < -0.4 is 5.73 Å². The maximum Gasteiger partial charge on any atom is 0.220 e. The van der Waals surface area contributed by atoms with Crippen LogP contribution in [-0.4, -0.2) is 19.5 Å². The van der Waals surface area contributed by atoms with E-state index in [0.717, 1.165) is 17.1 Å². The Kier molecular flexibility index (Phi) is 4.00. The normalized spacial score (nSPS) is 10.9. The molecule has 0 aliphatic heterocycles. The van der Waals surface area contributed by atoms with Gasteiger partial charge < -0.3 is 10.3 Å². The fourth-order valence-corrected chi connectivity index (χ4v) is 2.68. The quantitative estimate of drug-likeness (QED) is 0.795. The topological polar surface area (TPSA) is 69.6 Å². The minimum Gasteiger partial charge on any atom is -0.368 e. The number of hydrogen-bond donors (Lipinski definition) is 1. The number of nitrogen functional groups attached to an aromatic ring is 1. The van der Waals surface area contributed by atoms with Crippen LogP contribution in [0.5, 0.6) is 0 Å². The first kappa shape index (κ1) is 14.8. The molecule has 0 fully saturated rings. The highest BCUT2D eigenvalue weighted by Gasteiger charge is 2.11. The van der Waals surface area contributed by atoms with Crippen LogP contribution in [0.15, 0.2) is 36.7 Å². The first-order valence-electron chi connectivity index (χ1n) is 6.60. The van der Waals surface area contributed by atoms with Crippen LogP contribution in [0.4, 0.5) is 5.95 Å². The summed E-state index contributed by atoms with van der Waals surface area (Å²) in [4.78, 5) is 12.6. The molecular formula is C15H13Cl2N5. The summed E-state index contributed by atoms with van der Waals surface area (Å²) in [6.07, 6.45) is 3.51. The Morgan fingerprint density at radius 3 is 2.50 bits per heavy atom. The van der Waals surface area contributed by atoms with Crippen LogP contribution in [0, 0.1) is 6.92 Å². The van der Waals surface area contributed by atoms with Crippen LogP contribution >= 0.6 is 23.2 Å². The summed E-state index contributed by atoms with van der Waals surface area (Å²) in [5.41, 5.74) is 7.89. The highest BCUT2D eigenvalue weighted by molar-refractivity contribution is 6.35. The number of halogens is 2. The largest absolute Gasteiger partial charge is 0.368 e. The maximum atomic E-state index is 6.22. The average Bonchev–Trinajstić information content (AvgIpc) is 2.84. The lowest BCUT2D eigenvalue weighted by atomic mass is 10.2. The van der Waals surface area contributed by atoms with Crippen molar-refractivity contribution in [3.05, 3.63) is 58.1 Å². The van der Waals surface area contributed by atoms with E-state index < -0.39 is 0 Å². The number of hydrogen-bond acceptors (Lipinski definition) is 4. The van der Waals surface area contributed by atoms with E-state index in [1.165, 1.54) is 0 Å². The Hall–Kier alpha value is -2.11. The van der Waals surface area contributed by atoms with Gasteiger partial charge in [0.2, 0.25) is 5.95 Å². The number of anilines is 1. The molecule has 0 unspecified atom stereocenters. The third-order valence-electron chi connectivity index (χ3n) is 3.30. The van der Waals surface area contributed by atoms with Crippen molar-refractivity contribution >= 4 is 29.2 Å². The molecule has 0 radical (unpaired) electrons. The first-order chi connectivity index (χ1) is 10.5. The fraction of sp³-hybridized carbons (Fsp3) is 0.133. The minimum atomic E-state index is 0.221. The molecule has 22 heavy (non-hydrogen) atoms. The van der Waals surface area contributed by atoms with Gasteiger partial charge in [0.05, 0.1) is 12.2 Å². The minimum absolute atomic E-state index is 0.221. The van der Waals surface area contributed by atoms with Gasteiger partial charge in [-0.15, -0.1) is 0 Å². The highest BCUT2D eigenvalue weighted by Crippen LogP contribution is 2.26. The molecule has 0 saturated heterocycles. The Morgan fingerprint density at radius 2 is 1.82 bits per heavy atom. The number of benzene rings is 1. The summed E-state index contributed by atoms with van der Waals surface area (Å²) in [7, 11) is 0. The maximum absolute atomic E-state index is 6.22. The summed E-state index contributed by atoms with van der Waals surface area (Å²) in [6, 6.07) is 7.23. The molecular weight excluding hydrogens is 321 g/mol. The summed E-state index contributed by atoms with van der Waals surface area (Å²) >= 11 is 12.4. The van der Waals surface area contributed by atoms with Gasteiger partial charge in [-0.1, -0.05) is 29.3 Å². The van der Waals surface area contributed by atoms with Gasteiger partial charge in [-0.2, -0.15) is 0 Å². The van der Waals surface area contributed by atoms with Crippen molar-refractivity contribution in [2.24, 2.45) is 0 Å². The van der Waals surface area contributed by atoms with Gasteiger partial charge in [0.1, 0.15) is 11.5 Å². The van der Waals surface area contributed by atoms with Gasteiger partial charge >= 0.3 is 0 Å². The number of nitrogens with two attached hydrogens (primary N) is 1. The first-order valence-corrected chi connectivity index (χ1v) is 7.36. The van der Waals surface area contributed by atoms with Crippen LogP contribution in [0.1, 0.15) is 11.4 Å². The lowest BCUT2D eigenvalue weighted by Crippen LogP contribution is -2.02. The molecule has 2 heterocycles. The van der Waals surface area contributed by atoms with Gasteiger partial charge in [-0.25, -0.2) is 15.0 Å². The lowest BCUT2D eigenvalue weighted by Gasteiger charge is -2.08. The van der Waals surface area contributed by atoms with Crippen molar-refractivity contribution in [2.45, 2.75) is 13.5 Å². The molecule has 2 N–H and O–H groups in total. The van der Waals surface area contributed by atoms with Crippen molar-refractivity contribution in [3.63, 3.8) is 0 Å². The molecule has 0 aliphatic carbocycles. The number of nitrogens with zero attached hydrogens (tertiary/aromatic N) is 4. The van der Waals surface area contributed by atoms with Gasteiger partial charge in [0.25, 0.3) is 0 Å². The molecule has 0 saturated carbocycles. The molecule has 0 aliphatic rings. The molecule has 2 aromatic heterocycles. The highest BCUT2D eigenvalue weighted by atomic mass is 35.5.